The van der Waals surface area contributed by atoms with Gasteiger partial charge in [-0.2, -0.15) is 0 Å². The van der Waals surface area contributed by atoms with Crippen LogP contribution in [0.2, 0.25) is 0 Å². The van der Waals surface area contributed by atoms with Gasteiger partial charge in [0.05, 0.1) is 0 Å². The summed E-state index contributed by atoms with van der Waals surface area (Å²) in [6, 6.07) is 8.54. The molecule has 0 heteroatoms. The van der Waals surface area contributed by atoms with E-state index in [1.165, 1.54) is 11.1 Å². The molecule has 0 amide bonds. The van der Waals surface area contributed by atoms with E-state index in [1.54, 1.807) is 0 Å². The van der Waals surface area contributed by atoms with Crippen molar-refractivity contribution in [2.24, 2.45) is 0 Å². The van der Waals surface area contributed by atoms with Crippen molar-refractivity contribution in [3.05, 3.63) is 41.5 Å². The topological polar surface area (TPSA) is 0 Å². The third kappa shape index (κ3) is 2.45. The van der Waals surface area contributed by atoms with Crippen molar-refractivity contribution < 1.29 is 0 Å². The Kier molecular flexibility index (Phi) is 6.22. The lowest BCUT2D eigenvalue weighted by Crippen LogP contribution is -1.84. The van der Waals surface area contributed by atoms with Gasteiger partial charge in [-0.3, -0.25) is 0 Å². The quantitative estimate of drug-likeness (QED) is 0.539. The molecule has 0 nitrogen and oxygen atoms in total. The van der Waals surface area contributed by atoms with E-state index in [1.807, 2.05) is 0 Å². The van der Waals surface area contributed by atoms with Crippen molar-refractivity contribution in [1.29, 1.82) is 0 Å². The first-order chi connectivity index (χ1) is 4.88. The minimum atomic E-state index is 0. The summed E-state index contributed by atoms with van der Waals surface area (Å²) in [5.74, 6) is 0.621. The van der Waals surface area contributed by atoms with Gasteiger partial charge in [-0.15, -0.1) is 0 Å². The molecule has 13 heavy (non-hydrogen) atoms. The van der Waals surface area contributed by atoms with Crippen molar-refractivity contribution >= 4 is 6.08 Å². The molecule has 1 aliphatic rings. The number of allylic oxidation sites excluding steroid dienone is 1. The molecule has 0 bridgehead atoms. The van der Waals surface area contributed by atoms with Gasteiger partial charge in [-0.1, -0.05) is 65.6 Å². The van der Waals surface area contributed by atoms with Gasteiger partial charge >= 0.3 is 0 Å². The maximum absolute atomic E-state index is 2.24. The molecular formula is C13H22. The number of hydrogen-bond donors (Lipinski definition) is 0. The molecule has 0 fully saturated rings. The summed E-state index contributed by atoms with van der Waals surface area (Å²) < 4.78 is 0. The highest BCUT2D eigenvalue weighted by Gasteiger charge is 2.09. The molecule has 0 aromatic heterocycles. The van der Waals surface area contributed by atoms with Crippen LogP contribution < -0.4 is 0 Å². The highest BCUT2D eigenvalue weighted by atomic mass is 14.1. The monoisotopic (exact) mass is 178 g/mol. The van der Waals surface area contributed by atoms with E-state index < -0.39 is 0 Å². The molecule has 0 radical (unpaired) electrons. The van der Waals surface area contributed by atoms with E-state index in [9.17, 15) is 0 Å². The minimum Gasteiger partial charge on any atom is -0.0776 e. The van der Waals surface area contributed by atoms with Crippen molar-refractivity contribution in [2.45, 2.75) is 35.1 Å². The van der Waals surface area contributed by atoms with E-state index in [0.717, 1.165) is 0 Å². The van der Waals surface area contributed by atoms with Gasteiger partial charge < -0.3 is 0 Å². The molecule has 1 aromatic carbocycles. The smallest absolute Gasteiger partial charge is 0.000118 e. The fourth-order valence-electron chi connectivity index (χ4n) is 1.43. The molecule has 0 heterocycles. The Morgan fingerprint density at radius 3 is 2.23 bits per heavy atom. The summed E-state index contributed by atoms with van der Waals surface area (Å²) in [7, 11) is 0. The van der Waals surface area contributed by atoms with Gasteiger partial charge in [0, 0.05) is 0 Å². The number of rotatable bonds is 0. The zero-order valence-electron chi connectivity index (χ0n) is 6.04. The standard InChI is InChI=1S/C10H10.3CH4/c1-8-6-7-9-4-2-3-5-10(8)9;;;/h2-8H,1H3;3*1H4. The first-order valence-electron chi connectivity index (χ1n) is 3.65. The van der Waals surface area contributed by atoms with Crippen LogP contribution in [0.4, 0.5) is 0 Å². The fourth-order valence-corrected chi connectivity index (χ4v) is 1.43. The van der Waals surface area contributed by atoms with E-state index in [4.69, 9.17) is 0 Å². The summed E-state index contributed by atoms with van der Waals surface area (Å²) >= 11 is 0. The Labute approximate surface area is 83.3 Å². The fraction of sp³-hybridized carbons (Fsp3) is 0.385. The van der Waals surface area contributed by atoms with Crippen LogP contribution in [0, 0.1) is 0 Å². The molecule has 0 spiro atoms. The third-order valence-electron chi connectivity index (χ3n) is 2.05. The van der Waals surface area contributed by atoms with Crippen LogP contribution >= 0.6 is 0 Å². The molecule has 74 valence electrons. The van der Waals surface area contributed by atoms with Gasteiger partial charge in [0.25, 0.3) is 0 Å². The van der Waals surface area contributed by atoms with E-state index in [2.05, 4.69) is 43.3 Å². The molecule has 0 aliphatic heterocycles. The molecule has 2 rings (SSSR count). The van der Waals surface area contributed by atoms with E-state index in [-0.39, 0.29) is 22.3 Å². The average molecular weight is 178 g/mol. The first-order valence-corrected chi connectivity index (χ1v) is 3.65. The molecular weight excluding hydrogens is 156 g/mol. The van der Waals surface area contributed by atoms with E-state index >= 15 is 0 Å². The van der Waals surface area contributed by atoms with Gasteiger partial charge in [0.1, 0.15) is 0 Å². The molecule has 0 N–H and O–H groups in total. The van der Waals surface area contributed by atoms with Gasteiger partial charge in [-0.25, -0.2) is 0 Å². The predicted octanol–water partition coefficient (Wildman–Crippen LogP) is 4.73. The molecule has 1 atom stereocenters. The second-order valence-electron chi connectivity index (χ2n) is 2.78. The predicted molar refractivity (Wildman–Crippen MR) is 64.1 cm³/mol. The largest absolute Gasteiger partial charge is 0.0776 e. The maximum atomic E-state index is 2.24. The molecule has 1 unspecified atom stereocenters. The second kappa shape index (κ2) is 5.58. The summed E-state index contributed by atoms with van der Waals surface area (Å²) in [5.41, 5.74) is 2.84. The Bertz CT molecular complexity index is 271. The first kappa shape index (κ1) is 14.5. The van der Waals surface area contributed by atoms with Crippen molar-refractivity contribution in [2.75, 3.05) is 0 Å². The van der Waals surface area contributed by atoms with Crippen LogP contribution in [0.15, 0.2) is 30.3 Å². The molecule has 0 saturated heterocycles. The summed E-state index contributed by atoms with van der Waals surface area (Å²) in [6.07, 6.45) is 4.44. The van der Waals surface area contributed by atoms with Crippen molar-refractivity contribution in [1.82, 2.24) is 0 Å². The third-order valence-corrected chi connectivity index (χ3v) is 2.05. The lowest BCUT2D eigenvalue weighted by molar-refractivity contribution is 0.990. The van der Waals surface area contributed by atoms with Crippen LogP contribution in [-0.4, -0.2) is 0 Å². The zero-order chi connectivity index (χ0) is 6.97. The SMILES string of the molecule is C.C.C.CC1C=Cc2ccccc21. The van der Waals surface area contributed by atoms with Crippen LogP contribution in [-0.2, 0) is 0 Å². The lowest BCUT2D eigenvalue weighted by atomic mass is 10.0. The molecule has 0 saturated carbocycles. The van der Waals surface area contributed by atoms with Gasteiger partial charge in [0.15, 0.2) is 0 Å². The highest BCUT2D eigenvalue weighted by Crippen LogP contribution is 2.28. The number of fused-ring (bicyclic) bond motifs is 1. The maximum Gasteiger partial charge on any atom is -0.000118 e. The molecule has 1 aromatic rings. The van der Waals surface area contributed by atoms with Gasteiger partial charge in [0.2, 0.25) is 0 Å². The number of benzene rings is 1. The Morgan fingerprint density at radius 2 is 1.62 bits per heavy atom. The number of hydrogen-bond acceptors (Lipinski definition) is 0. The Hall–Kier alpha value is -1.04. The van der Waals surface area contributed by atoms with Crippen LogP contribution in [0.5, 0.6) is 0 Å². The Balaban J connectivity index is 0. The van der Waals surface area contributed by atoms with Crippen molar-refractivity contribution in [3.8, 4) is 0 Å². The molecule has 1 aliphatic carbocycles. The zero-order valence-corrected chi connectivity index (χ0v) is 6.04. The Morgan fingerprint density at radius 1 is 1.00 bits per heavy atom. The average Bonchev–Trinajstić information content (AvgIpc) is 2.34. The second-order valence-corrected chi connectivity index (χ2v) is 2.78. The summed E-state index contributed by atoms with van der Waals surface area (Å²) in [5, 5.41) is 0. The summed E-state index contributed by atoms with van der Waals surface area (Å²) in [6.45, 7) is 2.22. The van der Waals surface area contributed by atoms with Gasteiger partial charge in [-0.05, 0) is 17.0 Å². The highest BCUT2D eigenvalue weighted by molar-refractivity contribution is 5.61. The van der Waals surface area contributed by atoms with Crippen LogP contribution in [0.1, 0.15) is 46.2 Å². The summed E-state index contributed by atoms with van der Waals surface area (Å²) in [4.78, 5) is 0. The van der Waals surface area contributed by atoms with Crippen LogP contribution in [0.3, 0.4) is 0 Å². The van der Waals surface area contributed by atoms with E-state index in [0.29, 0.717) is 5.92 Å². The minimum absolute atomic E-state index is 0. The van der Waals surface area contributed by atoms with Crippen LogP contribution in [0.25, 0.3) is 6.08 Å². The lowest BCUT2D eigenvalue weighted by Gasteiger charge is -2.01. The normalized spacial score (nSPS) is 16.2. The van der Waals surface area contributed by atoms with Crippen molar-refractivity contribution in [3.63, 3.8) is 0 Å².